The van der Waals surface area contributed by atoms with E-state index in [4.69, 9.17) is 22.7 Å². The second-order valence-electron chi connectivity index (χ2n) is 3.11. The monoisotopic (exact) mass is 277 g/mol. The molecule has 0 fully saturated rings. The van der Waals surface area contributed by atoms with Crippen LogP contribution in [0.2, 0.25) is 4.34 Å². The number of nitrogens with two attached hydrogens (primary N) is 1. The van der Waals surface area contributed by atoms with E-state index in [1.165, 1.54) is 11.3 Å². The van der Waals surface area contributed by atoms with Crippen LogP contribution < -0.4 is 5.73 Å². The van der Waals surface area contributed by atoms with E-state index >= 15 is 0 Å². The van der Waals surface area contributed by atoms with Crippen LogP contribution in [0, 0.1) is 5.41 Å². The van der Waals surface area contributed by atoms with E-state index in [1.54, 1.807) is 11.9 Å². The zero-order valence-electron chi connectivity index (χ0n) is 8.70. The van der Waals surface area contributed by atoms with Crippen molar-refractivity contribution in [2.75, 3.05) is 12.8 Å². The number of hydrogen-bond acceptors (Lipinski definition) is 4. The number of halogens is 1. The molecule has 0 spiro atoms. The lowest BCUT2D eigenvalue weighted by Gasteiger charge is -2.15. The van der Waals surface area contributed by atoms with E-state index in [0.29, 0.717) is 10.9 Å². The van der Waals surface area contributed by atoms with E-state index < -0.39 is 0 Å². The average Bonchev–Trinajstić information content (AvgIpc) is 2.60. The topological polar surface area (TPSA) is 70.2 Å². The van der Waals surface area contributed by atoms with Gasteiger partial charge < -0.3 is 10.6 Å². The molecule has 1 amide bonds. The van der Waals surface area contributed by atoms with Crippen molar-refractivity contribution in [3.63, 3.8) is 0 Å². The third-order valence-electron chi connectivity index (χ3n) is 1.80. The number of thiophene rings is 1. The smallest absolute Gasteiger partial charge is 0.233 e. The van der Waals surface area contributed by atoms with Crippen molar-refractivity contribution < 1.29 is 4.79 Å². The Morgan fingerprint density at radius 1 is 1.69 bits per heavy atom. The number of amidine groups is 1. The van der Waals surface area contributed by atoms with Crippen molar-refractivity contribution >= 4 is 45.8 Å². The van der Waals surface area contributed by atoms with Crippen LogP contribution >= 0.6 is 34.7 Å². The third kappa shape index (κ3) is 4.42. The van der Waals surface area contributed by atoms with Crippen LogP contribution in [0.4, 0.5) is 0 Å². The predicted octanol–water partition coefficient (Wildman–Crippen LogP) is 1.99. The van der Waals surface area contributed by atoms with Gasteiger partial charge in [0, 0.05) is 11.9 Å². The second kappa shape index (κ2) is 6.12. The fourth-order valence-corrected chi connectivity index (χ4v) is 2.65. The first-order valence-corrected chi connectivity index (χ1v) is 6.62. The van der Waals surface area contributed by atoms with Crippen molar-refractivity contribution in [2.24, 2.45) is 5.73 Å². The molecule has 1 aromatic rings. The SMILES string of the molecule is CN(Cc1ccc(Cl)s1)C(=O)CSC(=N)N. The Morgan fingerprint density at radius 2 is 2.38 bits per heavy atom. The molecule has 0 radical (unpaired) electrons. The molecule has 16 heavy (non-hydrogen) atoms. The van der Waals surface area contributed by atoms with Crippen molar-refractivity contribution in [1.29, 1.82) is 5.41 Å². The van der Waals surface area contributed by atoms with Gasteiger partial charge in [-0.15, -0.1) is 11.3 Å². The summed E-state index contributed by atoms with van der Waals surface area (Å²) < 4.78 is 0.717. The van der Waals surface area contributed by atoms with Crippen molar-refractivity contribution in [2.45, 2.75) is 6.54 Å². The first-order chi connectivity index (χ1) is 7.49. The van der Waals surface area contributed by atoms with E-state index in [2.05, 4.69) is 0 Å². The van der Waals surface area contributed by atoms with Gasteiger partial charge in [0.15, 0.2) is 5.17 Å². The molecule has 0 aliphatic heterocycles. The van der Waals surface area contributed by atoms with E-state index in [0.717, 1.165) is 16.6 Å². The van der Waals surface area contributed by atoms with Gasteiger partial charge in [0.2, 0.25) is 5.91 Å². The normalized spacial score (nSPS) is 10.1. The Hall–Kier alpha value is -0.720. The van der Waals surface area contributed by atoms with Crippen molar-refractivity contribution in [3.8, 4) is 0 Å². The molecule has 0 aromatic carbocycles. The molecule has 1 aromatic heterocycles. The Balaban J connectivity index is 2.42. The summed E-state index contributed by atoms with van der Waals surface area (Å²) in [7, 11) is 1.72. The quantitative estimate of drug-likeness (QED) is 0.653. The summed E-state index contributed by atoms with van der Waals surface area (Å²) in [5.41, 5.74) is 5.16. The van der Waals surface area contributed by atoms with Gasteiger partial charge in [-0.1, -0.05) is 23.4 Å². The minimum Gasteiger partial charge on any atom is -0.379 e. The van der Waals surface area contributed by atoms with Gasteiger partial charge in [-0.3, -0.25) is 10.2 Å². The summed E-state index contributed by atoms with van der Waals surface area (Å²) in [6.07, 6.45) is 0. The maximum Gasteiger partial charge on any atom is 0.233 e. The summed E-state index contributed by atoms with van der Waals surface area (Å²) in [5.74, 6) is 0.148. The molecule has 0 aliphatic carbocycles. The zero-order valence-corrected chi connectivity index (χ0v) is 11.1. The Morgan fingerprint density at radius 3 is 2.88 bits per heavy atom. The molecule has 0 atom stereocenters. The highest BCUT2D eigenvalue weighted by Gasteiger charge is 2.11. The summed E-state index contributed by atoms with van der Waals surface area (Å²) >= 11 is 8.28. The molecule has 0 aliphatic rings. The molecule has 0 saturated heterocycles. The largest absolute Gasteiger partial charge is 0.379 e. The summed E-state index contributed by atoms with van der Waals surface area (Å²) in [6, 6.07) is 3.71. The Bertz CT molecular complexity index is 394. The summed E-state index contributed by atoms with van der Waals surface area (Å²) in [4.78, 5) is 14.2. The van der Waals surface area contributed by atoms with Gasteiger partial charge in [-0.05, 0) is 12.1 Å². The van der Waals surface area contributed by atoms with Crippen LogP contribution in [0.3, 0.4) is 0 Å². The van der Waals surface area contributed by atoms with Crippen molar-refractivity contribution in [1.82, 2.24) is 4.90 Å². The molecule has 1 rings (SSSR count). The highest BCUT2D eigenvalue weighted by atomic mass is 35.5. The highest BCUT2D eigenvalue weighted by Crippen LogP contribution is 2.22. The second-order valence-corrected chi connectivity index (χ2v) is 5.93. The number of thioether (sulfide) groups is 1. The maximum atomic E-state index is 11.6. The average molecular weight is 278 g/mol. The lowest BCUT2D eigenvalue weighted by Crippen LogP contribution is -2.28. The van der Waals surface area contributed by atoms with Gasteiger partial charge in [0.1, 0.15) is 0 Å². The van der Waals surface area contributed by atoms with Gasteiger partial charge in [0.05, 0.1) is 16.6 Å². The number of rotatable bonds is 4. The van der Waals surface area contributed by atoms with Gasteiger partial charge in [0.25, 0.3) is 0 Å². The van der Waals surface area contributed by atoms with E-state index in [9.17, 15) is 4.79 Å². The van der Waals surface area contributed by atoms with E-state index in [-0.39, 0.29) is 16.8 Å². The predicted molar refractivity (Wildman–Crippen MR) is 70.2 cm³/mol. The standard InChI is InChI=1S/C9H12ClN3OS2/c1-13(8(14)5-15-9(11)12)4-6-2-3-7(10)16-6/h2-3H,4-5H2,1H3,(H3,11,12). The van der Waals surface area contributed by atoms with E-state index in [1.807, 2.05) is 12.1 Å². The molecule has 0 unspecified atom stereocenters. The molecule has 3 N–H and O–H groups in total. The van der Waals surface area contributed by atoms with Crippen LogP contribution in [-0.4, -0.2) is 28.8 Å². The molecule has 0 saturated carbocycles. The molecule has 88 valence electrons. The third-order valence-corrected chi connectivity index (χ3v) is 3.72. The molecule has 1 heterocycles. The van der Waals surface area contributed by atoms with Crippen LogP contribution in [0.25, 0.3) is 0 Å². The lowest BCUT2D eigenvalue weighted by atomic mass is 10.4. The van der Waals surface area contributed by atoms with Crippen LogP contribution in [-0.2, 0) is 11.3 Å². The highest BCUT2D eigenvalue weighted by molar-refractivity contribution is 8.14. The van der Waals surface area contributed by atoms with Gasteiger partial charge in [-0.2, -0.15) is 0 Å². The zero-order chi connectivity index (χ0) is 12.1. The van der Waals surface area contributed by atoms with Crippen LogP contribution in [0.5, 0.6) is 0 Å². The minimum absolute atomic E-state index is 0.0408. The first-order valence-electron chi connectivity index (χ1n) is 4.44. The van der Waals surface area contributed by atoms with Crippen molar-refractivity contribution in [3.05, 3.63) is 21.3 Å². The number of nitrogens with zero attached hydrogens (tertiary/aromatic N) is 1. The first kappa shape index (κ1) is 13.3. The van der Waals surface area contributed by atoms with Crippen LogP contribution in [0.1, 0.15) is 4.88 Å². The van der Waals surface area contributed by atoms with Gasteiger partial charge in [-0.25, -0.2) is 0 Å². The number of hydrogen-bond donors (Lipinski definition) is 2. The fourth-order valence-electron chi connectivity index (χ4n) is 1.01. The molecule has 0 bridgehead atoms. The maximum absolute atomic E-state index is 11.6. The lowest BCUT2D eigenvalue weighted by molar-refractivity contribution is -0.127. The number of carbonyl (C=O) groups excluding carboxylic acids is 1. The summed E-state index contributed by atoms with van der Waals surface area (Å²) in [5, 5.41) is 6.97. The number of amides is 1. The number of carbonyl (C=O) groups is 1. The minimum atomic E-state index is -0.0512. The summed E-state index contributed by atoms with van der Waals surface area (Å²) in [6.45, 7) is 0.536. The molecule has 7 heteroatoms. The van der Waals surface area contributed by atoms with Gasteiger partial charge >= 0.3 is 0 Å². The Kier molecular flexibility index (Phi) is 5.11. The Labute approximate surface area is 107 Å². The van der Waals surface area contributed by atoms with Crippen LogP contribution in [0.15, 0.2) is 12.1 Å². The fraction of sp³-hybridized carbons (Fsp3) is 0.333. The molecule has 4 nitrogen and oxygen atoms in total. The molecular formula is C9H12ClN3OS2. The molecular weight excluding hydrogens is 266 g/mol. The number of nitrogens with one attached hydrogen (secondary N) is 1.